The number of ether oxygens (including phenoxy) is 1. The Morgan fingerprint density at radius 1 is 0.895 bits per heavy atom. The van der Waals surface area contributed by atoms with Crippen LogP contribution in [0.15, 0.2) is 79.3 Å². The normalized spacial score (nSPS) is 13.6. The van der Waals surface area contributed by atoms with E-state index in [0.717, 1.165) is 49.5 Å². The summed E-state index contributed by atoms with van der Waals surface area (Å²) in [5.41, 5.74) is 6.42. The Hall–Kier alpha value is -4.51. The van der Waals surface area contributed by atoms with Crippen molar-refractivity contribution in [2.45, 2.75) is 6.54 Å². The van der Waals surface area contributed by atoms with Gasteiger partial charge in [0.1, 0.15) is 11.5 Å². The van der Waals surface area contributed by atoms with Crippen LogP contribution < -0.4 is 10.8 Å². The molecule has 0 saturated carbocycles. The third kappa shape index (κ3) is 6.06. The van der Waals surface area contributed by atoms with Crippen molar-refractivity contribution in [2.75, 3.05) is 31.6 Å². The number of morpholine rings is 1. The molecule has 0 atom stereocenters. The predicted octanol–water partition coefficient (Wildman–Crippen LogP) is 3.41. The molecule has 3 N–H and O–H groups in total. The van der Waals surface area contributed by atoms with E-state index in [1.165, 1.54) is 30.2 Å². The standard InChI is InChI=1S/C28H26N6O4/c35-27(33-37)23-15-24(31-26(16-23)32-28(36)25-17-29-9-10-30-25)22-7-5-21(6-8-22)20-3-1-19(2-4-20)18-34-11-13-38-14-12-34/h1-10,15-17,37H,11-14,18H2,(H,33,35)(H,31,32,36). The first-order valence-corrected chi connectivity index (χ1v) is 12.1. The fourth-order valence-electron chi connectivity index (χ4n) is 4.19. The Morgan fingerprint density at radius 2 is 1.58 bits per heavy atom. The molecular weight excluding hydrogens is 484 g/mol. The van der Waals surface area contributed by atoms with Crippen molar-refractivity contribution in [3.05, 3.63) is 96.1 Å². The van der Waals surface area contributed by atoms with Crippen molar-refractivity contribution in [1.29, 1.82) is 0 Å². The molecule has 1 aliphatic heterocycles. The van der Waals surface area contributed by atoms with Crippen LogP contribution >= 0.6 is 0 Å². The number of hydrogen-bond donors (Lipinski definition) is 3. The highest BCUT2D eigenvalue weighted by Crippen LogP contribution is 2.26. The lowest BCUT2D eigenvalue weighted by atomic mass is 10.0. The molecule has 0 spiro atoms. The number of carbonyl (C=O) groups is 2. The van der Waals surface area contributed by atoms with Gasteiger partial charge in [0.25, 0.3) is 11.8 Å². The lowest BCUT2D eigenvalue weighted by Crippen LogP contribution is -2.35. The minimum atomic E-state index is -0.725. The van der Waals surface area contributed by atoms with Gasteiger partial charge in [-0.1, -0.05) is 48.5 Å². The first-order chi connectivity index (χ1) is 18.6. The van der Waals surface area contributed by atoms with E-state index in [1.54, 1.807) is 11.5 Å². The molecule has 2 aromatic heterocycles. The SMILES string of the molecule is O=C(NO)c1cc(NC(=O)c2cnccn2)nc(-c2ccc(-c3ccc(CN4CCOCC4)cc3)cc2)c1. The van der Waals surface area contributed by atoms with Gasteiger partial charge in [-0.15, -0.1) is 0 Å². The van der Waals surface area contributed by atoms with Crippen molar-refractivity contribution < 1.29 is 19.5 Å². The van der Waals surface area contributed by atoms with Crippen molar-refractivity contribution in [3.8, 4) is 22.4 Å². The largest absolute Gasteiger partial charge is 0.379 e. The summed E-state index contributed by atoms with van der Waals surface area (Å²) in [4.78, 5) is 39.4. The highest BCUT2D eigenvalue weighted by Gasteiger charge is 2.15. The van der Waals surface area contributed by atoms with Gasteiger partial charge in [0.05, 0.1) is 25.1 Å². The fourth-order valence-corrected chi connectivity index (χ4v) is 4.19. The third-order valence-electron chi connectivity index (χ3n) is 6.20. The van der Waals surface area contributed by atoms with Gasteiger partial charge in [-0.05, 0) is 28.8 Å². The minimum absolute atomic E-state index is 0.105. The van der Waals surface area contributed by atoms with Crippen molar-refractivity contribution in [1.82, 2.24) is 25.3 Å². The number of hydroxylamine groups is 1. The molecule has 0 radical (unpaired) electrons. The average Bonchev–Trinajstić information content (AvgIpc) is 2.98. The van der Waals surface area contributed by atoms with E-state index in [2.05, 4.69) is 49.4 Å². The van der Waals surface area contributed by atoms with Crippen LogP contribution in [0.5, 0.6) is 0 Å². The van der Waals surface area contributed by atoms with Gasteiger partial charge in [0.15, 0.2) is 0 Å². The van der Waals surface area contributed by atoms with E-state index in [-0.39, 0.29) is 17.1 Å². The number of nitrogens with zero attached hydrogens (tertiary/aromatic N) is 4. The molecule has 0 bridgehead atoms. The van der Waals surface area contributed by atoms with Crippen LogP contribution in [0.2, 0.25) is 0 Å². The average molecular weight is 511 g/mol. The maximum atomic E-state index is 12.5. The van der Waals surface area contributed by atoms with E-state index < -0.39 is 11.8 Å². The van der Waals surface area contributed by atoms with Crippen LogP contribution in [0.3, 0.4) is 0 Å². The molecule has 0 aliphatic carbocycles. The van der Waals surface area contributed by atoms with Gasteiger partial charge in [0.2, 0.25) is 0 Å². The number of nitrogens with one attached hydrogen (secondary N) is 2. The maximum Gasteiger partial charge on any atom is 0.277 e. The van der Waals surface area contributed by atoms with E-state index in [4.69, 9.17) is 9.94 Å². The molecule has 2 aromatic carbocycles. The first-order valence-electron chi connectivity index (χ1n) is 12.1. The van der Waals surface area contributed by atoms with E-state index in [1.807, 2.05) is 24.3 Å². The summed E-state index contributed by atoms with van der Waals surface area (Å²) in [6.45, 7) is 4.36. The Bertz CT molecular complexity index is 1410. The summed E-state index contributed by atoms with van der Waals surface area (Å²) in [7, 11) is 0. The summed E-state index contributed by atoms with van der Waals surface area (Å²) in [5, 5.41) is 11.8. The zero-order chi connectivity index (χ0) is 26.3. The molecule has 1 aliphatic rings. The predicted molar refractivity (Wildman–Crippen MR) is 140 cm³/mol. The lowest BCUT2D eigenvalue weighted by molar-refractivity contribution is 0.0342. The molecule has 10 heteroatoms. The van der Waals surface area contributed by atoms with Gasteiger partial charge < -0.3 is 10.1 Å². The van der Waals surface area contributed by atoms with Crippen LogP contribution in [0, 0.1) is 0 Å². The Labute approximate surface area is 219 Å². The quantitative estimate of drug-likeness (QED) is 0.255. The number of amides is 2. The Kier molecular flexibility index (Phi) is 7.74. The van der Waals surface area contributed by atoms with Crippen molar-refractivity contribution >= 4 is 17.6 Å². The Balaban J connectivity index is 1.35. The van der Waals surface area contributed by atoms with Crippen LogP contribution in [-0.2, 0) is 11.3 Å². The second-order valence-electron chi connectivity index (χ2n) is 8.77. The molecule has 2 amide bonds. The van der Waals surface area contributed by atoms with Crippen LogP contribution in [-0.4, -0.2) is 63.2 Å². The number of rotatable bonds is 7. The molecule has 5 rings (SSSR count). The fraction of sp³-hybridized carbons (Fsp3) is 0.179. The zero-order valence-electron chi connectivity index (χ0n) is 20.5. The second-order valence-corrected chi connectivity index (χ2v) is 8.77. The number of pyridine rings is 1. The number of aromatic nitrogens is 3. The summed E-state index contributed by atoms with van der Waals surface area (Å²) >= 11 is 0. The van der Waals surface area contributed by atoms with Gasteiger partial charge in [-0.3, -0.25) is 24.7 Å². The van der Waals surface area contributed by atoms with Crippen molar-refractivity contribution in [3.63, 3.8) is 0 Å². The molecule has 3 heterocycles. The monoisotopic (exact) mass is 510 g/mol. The highest BCUT2D eigenvalue weighted by molar-refractivity contribution is 6.03. The number of benzene rings is 2. The second kappa shape index (κ2) is 11.7. The highest BCUT2D eigenvalue weighted by atomic mass is 16.5. The van der Waals surface area contributed by atoms with Crippen LogP contribution in [0.1, 0.15) is 26.4 Å². The summed E-state index contributed by atoms with van der Waals surface area (Å²) in [5.74, 6) is -1.11. The Morgan fingerprint density at radius 3 is 2.24 bits per heavy atom. The third-order valence-corrected chi connectivity index (χ3v) is 6.20. The van der Waals surface area contributed by atoms with E-state index in [0.29, 0.717) is 5.69 Å². The van der Waals surface area contributed by atoms with Crippen molar-refractivity contribution in [2.24, 2.45) is 0 Å². The number of anilines is 1. The molecular formula is C28H26N6O4. The summed E-state index contributed by atoms with van der Waals surface area (Å²) in [6, 6.07) is 19.2. The molecule has 4 aromatic rings. The van der Waals surface area contributed by atoms with Crippen LogP contribution in [0.4, 0.5) is 5.82 Å². The molecule has 0 unspecified atom stereocenters. The topological polar surface area (TPSA) is 130 Å². The summed E-state index contributed by atoms with van der Waals surface area (Å²) < 4.78 is 5.42. The molecule has 1 saturated heterocycles. The van der Waals surface area contributed by atoms with E-state index in [9.17, 15) is 9.59 Å². The maximum absolute atomic E-state index is 12.5. The lowest BCUT2D eigenvalue weighted by Gasteiger charge is -2.26. The zero-order valence-corrected chi connectivity index (χ0v) is 20.5. The summed E-state index contributed by atoms with van der Waals surface area (Å²) in [6.07, 6.45) is 4.19. The number of carbonyl (C=O) groups excluding carboxylic acids is 2. The van der Waals surface area contributed by atoms with Gasteiger partial charge in [0, 0.05) is 43.2 Å². The smallest absolute Gasteiger partial charge is 0.277 e. The van der Waals surface area contributed by atoms with Gasteiger partial charge in [-0.25, -0.2) is 15.4 Å². The molecule has 192 valence electrons. The number of hydrogen-bond acceptors (Lipinski definition) is 8. The first kappa shape index (κ1) is 25.2. The molecule has 1 fully saturated rings. The van der Waals surface area contributed by atoms with E-state index >= 15 is 0 Å². The molecule has 10 nitrogen and oxygen atoms in total. The minimum Gasteiger partial charge on any atom is -0.379 e. The van der Waals surface area contributed by atoms with Gasteiger partial charge >= 0.3 is 0 Å². The van der Waals surface area contributed by atoms with Crippen LogP contribution in [0.25, 0.3) is 22.4 Å². The molecule has 38 heavy (non-hydrogen) atoms. The van der Waals surface area contributed by atoms with Gasteiger partial charge in [-0.2, -0.15) is 0 Å².